The molecule has 0 amide bonds. The summed E-state index contributed by atoms with van der Waals surface area (Å²) in [5.41, 5.74) is 2.06. The number of hydrogen-bond acceptors (Lipinski definition) is 5. The number of rotatable bonds is 4. The molecule has 0 radical (unpaired) electrons. The number of thiophene rings is 1. The second kappa shape index (κ2) is 8.26. The van der Waals surface area contributed by atoms with Gasteiger partial charge in [-0.3, -0.25) is 4.57 Å². The van der Waals surface area contributed by atoms with E-state index in [0.29, 0.717) is 41.3 Å². The predicted octanol–water partition coefficient (Wildman–Crippen LogP) is 4.51. The van der Waals surface area contributed by atoms with Gasteiger partial charge in [0.2, 0.25) is 5.95 Å². The average Bonchev–Trinajstić information content (AvgIpc) is 3.21. The van der Waals surface area contributed by atoms with Crippen LogP contribution in [0.4, 0.5) is 23.5 Å². The van der Waals surface area contributed by atoms with Gasteiger partial charge in [-0.15, -0.1) is 11.3 Å². The van der Waals surface area contributed by atoms with Gasteiger partial charge in [-0.1, -0.05) is 12.1 Å². The first-order valence-corrected chi connectivity index (χ1v) is 10.3. The number of aromatic nitrogens is 3. The Morgan fingerprint density at radius 3 is 2.61 bits per heavy atom. The van der Waals surface area contributed by atoms with Gasteiger partial charge in [0.05, 0.1) is 6.54 Å². The zero-order valence-electron chi connectivity index (χ0n) is 16.5. The van der Waals surface area contributed by atoms with Crippen molar-refractivity contribution in [3.8, 4) is 0 Å². The molecule has 0 spiro atoms. The van der Waals surface area contributed by atoms with E-state index < -0.39 is 16.7 Å². The van der Waals surface area contributed by atoms with E-state index in [1.807, 2.05) is 17.0 Å². The Labute approximate surface area is 179 Å². The van der Waals surface area contributed by atoms with Crippen molar-refractivity contribution < 1.29 is 17.6 Å². The van der Waals surface area contributed by atoms with Gasteiger partial charge in [0.15, 0.2) is 0 Å². The highest BCUT2D eigenvalue weighted by atomic mass is 32.1. The maximum absolute atomic E-state index is 13.5. The zero-order valence-corrected chi connectivity index (χ0v) is 17.3. The molecule has 1 aliphatic rings. The first-order valence-electron chi connectivity index (χ1n) is 9.50. The van der Waals surface area contributed by atoms with Crippen LogP contribution in [0.15, 0.2) is 47.5 Å². The number of halogens is 4. The van der Waals surface area contributed by atoms with Crippen LogP contribution in [0, 0.1) is 12.7 Å². The van der Waals surface area contributed by atoms with Crippen LogP contribution in [0.1, 0.15) is 27.3 Å². The molecular formula is C21H18F4N4OS. The summed E-state index contributed by atoms with van der Waals surface area (Å²) in [5, 5.41) is 0. The highest BCUT2D eigenvalue weighted by Crippen LogP contribution is 2.34. The van der Waals surface area contributed by atoms with E-state index in [1.54, 1.807) is 13.0 Å². The number of nitrogens with zero attached hydrogens (tertiary/aromatic N) is 4. The Kier molecular flexibility index (Phi) is 5.65. The van der Waals surface area contributed by atoms with E-state index in [2.05, 4.69) is 9.97 Å². The molecular weight excluding hydrogens is 432 g/mol. The van der Waals surface area contributed by atoms with Crippen molar-refractivity contribution in [1.29, 1.82) is 0 Å². The summed E-state index contributed by atoms with van der Waals surface area (Å²) in [6, 6.07) is 7.36. The van der Waals surface area contributed by atoms with Crippen molar-refractivity contribution in [1.82, 2.24) is 14.5 Å². The standard InChI is InChI=1S/C21H18F4N4OS/c1-13-10-15(2-4-17(13)22)14-6-8-28(9-7-14)19-26-12-29(20(30)27-19)11-16-3-5-18(31-16)21(23,24)25/h2-6,10,12H,7-9,11H2,1H3. The molecule has 0 aliphatic carbocycles. The third kappa shape index (κ3) is 4.68. The van der Waals surface area contributed by atoms with Crippen LogP contribution in [0.2, 0.25) is 0 Å². The molecule has 1 aliphatic heterocycles. The fourth-order valence-corrected chi connectivity index (χ4v) is 4.22. The van der Waals surface area contributed by atoms with Crippen LogP contribution in [0.5, 0.6) is 0 Å². The van der Waals surface area contributed by atoms with Crippen molar-refractivity contribution in [3.05, 3.63) is 79.9 Å². The monoisotopic (exact) mass is 450 g/mol. The molecule has 0 fully saturated rings. The van der Waals surface area contributed by atoms with E-state index in [4.69, 9.17) is 0 Å². The fraction of sp³-hybridized carbons (Fsp3) is 0.286. The minimum absolute atomic E-state index is 0.0200. The number of aryl methyl sites for hydroxylation is 1. The fourth-order valence-electron chi connectivity index (χ4n) is 3.35. The molecule has 0 saturated carbocycles. The Bertz CT molecular complexity index is 1200. The summed E-state index contributed by atoms with van der Waals surface area (Å²) < 4.78 is 52.9. The molecule has 0 bridgehead atoms. The zero-order chi connectivity index (χ0) is 22.2. The van der Waals surface area contributed by atoms with Crippen LogP contribution < -0.4 is 10.6 Å². The first-order chi connectivity index (χ1) is 14.7. The smallest absolute Gasteiger partial charge is 0.337 e. The Morgan fingerprint density at radius 1 is 1.19 bits per heavy atom. The Balaban J connectivity index is 1.46. The second-order valence-corrected chi connectivity index (χ2v) is 8.39. The molecule has 4 rings (SSSR count). The van der Waals surface area contributed by atoms with Crippen molar-refractivity contribution in [2.24, 2.45) is 0 Å². The highest BCUT2D eigenvalue weighted by molar-refractivity contribution is 7.12. The van der Waals surface area contributed by atoms with Gasteiger partial charge in [-0.05, 0) is 54.3 Å². The average molecular weight is 450 g/mol. The molecule has 0 N–H and O–H groups in total. The van der Waals surface area contributed by atoms with Gasteiger partial charge in [-0.2, -0.15) is 18.2 Å². The molecule has 3 heterocycles. The lowest BCUT2D eigenvalue weighted by Gasteiger charge is -2.26. The van der Waals surface area contributed by atoms with Crippen LogP contribution in [-0.2, 0) is 12.7 Å². The Morgan fingerprint density at radius 2 is 2.00 bits per heavy atom. The van der Waals surface area contributed by atoms with E-state index in [-0.39, 0.29) is 18.3 Å². The minimum atomic E-state index is -4.40. The summed E-state index contributed by atoms with van der Waals surface area (Å²) in [5.74, 6) is 0.0296. The molecule has 2 aromatic heterocycles. The molecule has 0 saturated heterocycles. The molecule has 31 heavy (non-hydrogen) atoms. The largest absolute Gasteiger partial charge is 0.425 e. The normalized spacial score (nSPS) is 14.6. The quantitative estimate of drug-likeness (QED) is 0.549. The number of benzene rings is 1. The lowest BCUT2D eigenvalue weighted by molar-refractivity contribution is -0.134. The third-order valence-corrected chi connectivity index (χ3v) is 6.16. The van der Waals surface area contributed by atoms with Crippen LogP contribution in [0.25, 0.3) is 5.57 Å². The van der Waals surface area contributed by atoms with Crippen LogP contribution >= 0.6 is 11.3 Å². The summed E-state index contributed by atoms with van der Waals surface area (Å²) >= 11 is 0.594. The van der Waals surface area contributed by atoms with Gasteiger partial charge < -0.3 is 4.90 Å². The van der Waals surface area contributed by atoms with E-state index in [0.717, 1.165) is 17.2 Å². The van der Waals surface area contributed by atoms with Crippen molar-refractivity contribution >= 4 is 22.9 Å². The molecule has 162 valence electrons. The summed E-state index contributed by atoms with van der Waals surface area (Å²) in [4.78, 5) is 22.1. The summed E-state index contributed by atoms with van der Waals surface area (Å²) in [7, 11) is 0. The second-order valence-electron chi connectivity index (χ2n) is 7.22. The van der Waals surface area contributed by atoms with Crippen molar-refractivity contribution in [3.63, 3.8) is 0 Å². The third-order valence-electron chi connectivity index (χ3n) is 5.04. The SMILES string of the molecule is Cc1cc(C2=CCN(c3ncn(Cc4ccc(C(F)(F)F)s4)c(=O)n3)CC2)ccc1F. The lowest BCUT2D eigenvalue weighted by atomic mass is 9.98. The molecule has 0 unspecified atom stereocenters. The van der Waals surface area contributed by atoms with Crippen LogP contribution in [-0.4, -0.2) is 27.6 Å². The maximum atomic E-state index is 13.5. The number of alkyl halides is 3. The molecule has 5 nitrogen and oxygen atoms in total. The Hall–Kier alpha value is -3.01. The predicted molar refractivity (Wildman–Crippen MR) is 111 cm³/mol. The summed E-state index contributed by atoms with van der Waals surface area (Å²) in [6.45, 7) is 2.78. The first kappa shape index (κ1) is 21.2. The van der Waals surface area contributed by atoms with Gasteiger partial charge in [0, 0.05) is 18.0 Å². The van der Waals surface area contributed by atoms with Crippen molar-refractivity contribution in [2.45, 2.75) is 26.1 Å². The van der Waals surface area contributed by atoms with Crippen molar-refractivity contribution in [2.75, 3.05) is 18.0 Å². The number of anilines is 1. The summed E-state index contributed by atoms with van der Waals surface area (Å²) in [6.07, 6.45) is -0.413. The highest BCUT2D eigenvalue weighted by Gasteiger charge is 2.32. The van der Waals surface area contributed by atoms with E-state index in [9.17, 15) is 22.4 Å². The topological polar surface area (TPSA) is 51.0 Å². The molecule has 3 aromatic rings. The maximum Gasteiger partial charge on any atom is 0.425 e. The van der Waals surface area contributed by atoms with Gasteiger partial charge >= 0.3 is 11.9 Å². The van der Waals surface area contributed by atoms with Gasteiger partial charge in [0.1, 0.15) is 17.0 Å². The van der Waals surface area contributed by atoms with Gasteiger partial charge in [0.25, 0.3) is 0 Å². The minimum Gasteiger partial charge on any atom is -0.337 e. The van der Waals surface area contributed by atoms with E-state index >= 15 is 0 Å². The lowest BCUT2D eigenvalue weighted by Crippen LogP contribution is -2.33. The van der Waals surface area contributed by atoms with Gasteiger partial charge in [-0.25, -0.2) is 14.2 Å². The molecule has 10 heteroatoms. The molecule has 0 atom stereocenters. The number of hydrogen-bond donors (Lipinski definition) is 0. The molecule has 1 aromatic carbocycles. The van der Waals surface area contributed by atoms with Crippen LogP contribution in [0.3, 0.4) is 0 Å². The van der Waals surface area contributed by atoms with E-state index in [1.165, 1.54) is 23.0 Å².